The Morgan fingerprint density at radius 1 is 0.960 bits per heavy atom. The number of hydrogen-bond donors (Lipinski definition) is 0. The normalized spacial score (nSPS) is 21.4. The number of hydrogen-bond acceptors (Lipinski definition) is 6. The second-order valence-corrected chi connectivity index (χ2v) is 6.75. The van der Waals surface area contributed by atoms with Crippen LogP contribution in [0.4, 0.5) is 5.82 Å². The highest BCUT2D eigenvalue weighted by molar-refractivity contribution is 5.93. The zero-order valence-electron chi connectivity index (χ0n) is 14.3. The van der Waals surface area contributed by atoms with Gasteiger partial charge in [0.2, 0.25) is 5.91 Å². The van der Waals surface area contributed by atoms with E-state index in [1.807, 2.05) is 4.90 Å². The van der Waals surface area contributed by atoms with Crippen LogP contribution in [0.3, 0.4) is 0 Å². The number of carbonyl (C=O) groups is 2. The Hall–Kier alpha value is -2.22. The third-order valence-corrected chi connectivity index (χ3v) is 5.01. The van der Waals surface area contributed by atoms with Gasteiger partial charge in [-0.1, -0.05) is 0 Å². The predicted molar refractivity (Wildman–Crippen MR) is 90.3 cm³/mol. The average molecular weight is 345 g/mol. The van der Waals surface area contributed by atoms with Crippen molar-refractivity contribution in [3.63, 3.8) is 0 Å². The number of ether oxygens (including phenoxy) is 1. The first-order chi connectivity index (χ1) is 12.2. The van der Waals surface area contributed by atoms with E-state index in [0.717, 1.165) is 31.7 Å². The molecule has 2 aliphatic heterocycles. The maximum atomic E-state index is 12.7. The predicted octanol–water partition coefficient (Wildman–Crippen LogP) is 0.00760. The minimum atomic E-state index is -0.0876. The Labute approximate surface area is 146 Å². The van der Waals surface area contributed by atoms with Crippen LogP contribution in [0.5, 0.6) is 0 Å². The van der Waals surface area contributed by atoms with Gasteiger partial charge in [0.1, 0.15) is 17.8 Å². The molecule has 0 bridgehead atoms. The lowest BCUT2D eigenvalue weighted by atomic mass is 10.2. The lowest BCUT2D eigenvalue weighted by molar-refractivity contribution is -0.134. The molecule has 3 heterocycles. The van der Waals surface area contributed by atoms with E-state index >= 15 is 0 Å². The van der Waals surface area contributed by atoms with Crippen LogP contribution >= 0.6 is 0 Å². The van der Waals surface area contributed by atoms with Crippen LogP contribution in [0, 0.1) is 5.92 Å². The van der Waals surface area contributed by atoms with Crippen LogP contribution in [-0.4, -0.2) is 84.1 Å². The largest absolute Gasteiger partial charge is 0.378 e. The third kappa shape index (κ3) is 3.58. The van der Waals surface area contributed by atoms with Crippen molar-refractivity contribution in [1.29, 1.82) is 0 Å². The minimum absolute atomic E-state index is 0.0876. The van der Waals surface area contributed by atoms with Gasteiger partial charge >= 0.3 is 0 Å². The first-order valence-corrected chi connectivity index (χ1v) is 8.95. The number of rotatable bonds is 3. The van der Waals surface area contributed by atoms with Gasteiger partial charge < -0.3 is 19.4 Å². The standard InChI is InChI=1S/C17H23N5O3/c23-16(13-1-2-13)21-3-5-22(6-4-21)17(24)14-11-15(19-12-18-14)20-7-9-25-10-8-20/h11-13H,1-10H2. The molecule has 1 saturated carbocycles. The molecule has 1 aromatic heterocycles. The van der Waals surface area contributed by atoms with Gasteiger partial charge in [0.25, 0.3) is 5.91 Å². The van der Waals surface area contributed by atoms with Crippen molar-refractivity contribution in [3.8, 4) is 0 Å². The minimum Gasteiger partial charge on any atom is -0.378 e. The second kappa shape index (κ2) is 6.95. The van der Waals surface area contributed by atoms with Crippen LogP contribution < -0.4 is 4.90 Å². The molecule has 8 heteroatoms. The summed E-state index contributed by atoms with van der Waals surface area (Å²) in [5, 5.41) is 0. The molecule has 2 amide bonds. The molecule has 134 valence electrons. The van der Waals surface area contributed by atoms with Gasteiger partial charge in [-0.15, -0.1) is 0 Å². The number of morpholine rings is 1. The SMILES string of the molecule is O=C(c1cc(N2CCOCC2)ncn1)N1CCN(C(=O)C2CC2)CC1. The van der Waals surface area contributed by atoms with E-state index in [-0.39, 0.29) is 17.7 Å². The lowest BCUT2D eigenvalue weighted by Crippen LogP contribution is -2.51. The van der Waals surface area contributed by atoms with Gasteiger partial charge in [0, 0.05) is 51.3 Å². The Kier molecular flexibility index (Phi) is 4.52. The maximum Gasteiger partial charge on any atom is 0.272 e. The topological polar surface area (TPSA) is 78.9 Å². The molecule has 1 aliphatic carbocycles. The van der Waals surface area contributed by atoms with Gasteiger partial charge in [-0.05, 0) is 12.8 Å². The van der Waals surface area contributed by atoms with E-state index < -0.39 is 0 Å². The monoisotopic (exact) mass is 345 g/mol. The Balaban J connectivity index is 1.38. The molecule has 0 radical (unpaired) electrons. The summed E-state index contributed by atoms with van der Waals surface area (Å²) in [5.41, 5.74) is 0.415. The summed E-state index contributed by atoms with van der Waals surface area (Å²) in [7, 11) is 0. The van der Waals surface area contributed by atoms with E-state index in [2.05, 4.69) is 14.9 Å². The fourth-order valence-electron chi connectivity index (χ4n) is 3.31. The van der Waals surface area contributed by atoms with Crippen molar-refractivity contribution in [2.45, 2.75) is 12.8 Å². The zero-order valence-corrected chi connectivity index (χ0v) is 14.3. The van der Waals surface area contributed by atoms with Gasteiger partial charge in [-0.3, -0.25) is 9.59 Å². The number of amides is 2. The molecule has 0 aromatic carbocycles. The van der Waals surface area contributed by atoms with Gasteiger partial charge in [0.15, 0.2) is 0 Å². The van der Waals surface area contributed by atoms with Gasteiger partial charge in [-0.25, -0.2) is 9.97 Å². The molecule has 0 unspecified atom stereocenters. The van der Waals surface area contributed by atoms with Crippen LogP contribution in [0.1, 0.15) is 23.3 Å². The number of anilines is 1. The van der Waals surface area contributed by atoms with Crippen molar-refractivity contribution in [3.05, 3.63) is 18.1 Å². The van der Waals surface area contributed by atoms with E-state index in [0.29, 0.717) is 45.1 Å². The molecule has 3 fully saturated rings. The molecule has 25 heavy (non-hydrogen) atoms. The molecule has 0 N–H and O–H groups in total. The molecular weight excluding hydrogens is 322 g/mol. The summed E-state index contributed by atoms with van der Waals surface area (Å²) in [6.07, 6.45) is 3.48. The maximum absolute atomic E-state index is 12.7. The molecule has 3 aliphatic rings. The Morgan fingerprint density at radius 2 is 1.64 bits per heavy atom. The van der Waals surface area contributed by atoms with Crippen molar-refractivity contribution < 1.29 is 14.3 Å². The van der Waals surface area contributed by atoms with E-state index in [1.54, 1.807) is 11.0 Å². The fourth-order valence-corrected chi connectivity index (χ4v) is 3.31. The van der Waals surface area contributed by atoms with Crippen LogP contribution in [0.15, 0.2) is 12.4 Å². The molecular formula is C17H23N5O3. The van der Waals surface area contributed by atoms with Crippen LogP contribution in [0.2, 0.25) is 0 Å². The summed E-state index contributed by atoms with van der Waals surface area (Å²) in [6, 6.07) is 1.76. The highest BCUT2D eigenvalue weighted by Crippen LogP contribution is 2.31. The van der Waals surface area contributed by atoms with Crippen molar-refractivity contribution in [2.75, 3.05) is 57.4 Å². The summed E-state index contributed by atoms with van der Waals surface area (Å²) >= 11 is 0. The first-order valence-electron chi connectivity index (χ1n) is 8.95. The lowest BCUT2D eigenvalue weighted by Gasteiger charge is -2.35. The van der Waals surface area contributed by atoms with Crippen LogP contribution in [0.25, 0.3) is 0 Å². The quantitative estimate of drug-likeness (QED) is 0.768. The summed E-state index contributed by atoms with van der Waals surface area (Å²) in [6.45, 7) is 5.24. The fraction of sp³-hybridized carbons (Fsp3) is 0.647. The van der Waals surface area contributed by atoms with Gasteiger partial charge in [-0.2, -0.15) is 0 Å². The average Bonchev–Trinajstić information content (AvgIpc) is 3.53. The Bertz CT molecular complexity index is 649. The molecule has 0 spiro atoms. The molecule has 8 nitrogen and oxygen atoms in total. The van der Waals surface area contributed by atoms with E-state index in [1.165, 1.54) is 6.33 Å². The van der Waals surface area contributed by atoms with Crippen molar-refractivity contribution in [2.24, 2.45) is 5.92 Å². The van der Waals surface area contributed by atoms with Gasteiger partial charge in [0.05, 0.1) is 13.2 Å². The third-order valence-electron chi connectivity index (χ3n) is 5.01. The Morgan fingerprint density at radius 3 is 2.32 bits per heavy atom. The molecule has 0 atom stereocenters. The van der Waals surface area contributed by atoms with Crippen LogP contribution in [-0.2, 0) is 9.53 Å². The highest BCUT2D eigenvalue weighted by atomic mass is 16.5. The van der Waals surface area contributed by atoms with Crippen molar-refractivity contribution >= 4 is 17.6 Å². The highest BCUT2D eigenvalue weighted by Gasteiger charge is 2.35. The molecule has 1 aromatic rings. The smallest absolute Gasteiger partial charge is 0.272 e. The summed E-state index contributed by atoms with van der Waals surface area (Å²) < 4.78 is 5.35. The number of aromatic nitrogens is 2. The number of piperazine rings is 1. The van der Waals surface area contributed by atoms with E-state index in [4.69, 9.17) is 4.74 Å². The summed E-state index contributed by atoms with van der Waals surface area (Å²) in [4.78, 5) is 39.1. The second-order valence-electron chi connectivity index (χ2n) is 6.75. The summed E-state index contributed by atoms with van der Waals surface area (Å²) in [5.74, 6) is 1.17. The molecule has 4 rings (SSSR count). The number of nitrogens with zero attached hydrogens (tertiary/aromatic N) is 5. The first kappa shape index (κ1) is 16.3. The van der Waals surface area contributed by atoms with E-state index in [9.17, 15) is 9.59 Å². The zero-order chi connectivity index (χ0) is 17.2. The number of carbonyl (C=O) groups excluding carboxylic acids is 2. The molecule has 2 saturated heterocycles. The van der Waals surface area contributed by atoms with Crippen molar-refractivity contribution in [1.82, 2.24) is 19.8 Å².